The van der Waals surface area contributed by atoms with E-state index in [2.05, 4.69) is 92.9 Å². The van der Waals surface area contributed by atoms with Crippen molar-refractivity contribution in [2.24, 2.45) is 29.1 Å². The Morgan fingerprint density at radius 3 is 2.47 bits per heavy atom. The van der Waals surface area contributed by atoms with E-state index < -0.39 is 8.32 Å². The highest BCUT2D eigenvalue weighted by Gasteiger charge is 2.55. The van der Waals surface area contributed by atoms with Crippen LogP contribution in [0.15, 0.2) is 24.4 Å². The third-order valence-corrected chi connectivity index (χ3v) is 17.8. The van der Waals surface area contributed by atoms with Gasteiger partial charge in [0.25, 0.3) is 0 Å². The number of ether oxygens (including phenoxy) is 1. The first-order valence-electron chi connectivity index (χ1n) is 19.2. The van der Waals surface area contributed by atoms with Crippen LogP contribution in [-0.4, -0.2) is 49.1 Å². The van der Waals surface area contributed by atoms with Crippen LogP contribution in [0.4, 0.5) is 11.8 Å². The SMILES string of the molecule is CC1(C)Cc2cccc(CNc3ncc(C#N)c(NC[C@]45CC6C[C@H](C4)[C@@H](NC[C@H]4CC[C@H](O[Si](C)(C)C(C)(C)C)CC4)[C@@H](C6)C5)n3)c2O1. The molecule has 8 nitrogen and oxygen atoms in total. The summed E-state index contributed by atoms with van der Waals surface area (Å²) in [7, 11) is -1.70. The van der Waals surface area contributed by atoms with Crippen molar-refractivity contribution in [2.45, 2.75) is 141 Å². The lowest BCUT2D eigenvalue weighted by molar-refractivity contribution is -0.0704. The summed E-state index contributed by atoms with van der Waals surface area (Å²) in [5.74, 6) is 5.27. The summed E-state index contributed by atoms with van der Waals surface area (Å²) in [6, 6.07) is 9.32. The Labute approximate surface area is 296 Å². The standard InChI is InChI=1S/C40H60N6O2Si/c1-38(2,3)49(6,7)48-33-13-11-26(12-14-33)22-42-34-30-15-27-16-31(34)20-40(17-27,19-30)25-45-36-32(21-41)24-44-37(46-36)43-23-29-10-8-9-28-18-39(4,5)47-35(28)29/h8-10,24,26-27,30-31,33-34,42H,11-20,22-23,25H2,1-7H3,(H2,43,44,45,46)/t26-,27?,30-,31+,33-,34-,40-. The Hall–Kier alpha value is -2.67. The molecule has 8 rings (SSSR count). The van der Waals surface area contributed by atoms with Crippen molar-refractivity contribution in [3.8, 4) is 11.8 Å². The molecule has 5 saturated carbocycles. The fourth-order valence-electron chi connectivity index (χ4n) is 10.0. The van der Waals surface area contributed by atoms with Gasteiger partial charge in [-0.3, -0.25) is 0 Å². The number of nitrogens with zero attached hydrogens (tertiary/aromatic N) is 3. The van der Waals surface area contributed by atoms with Gasteiger partial charge in [-0.15, -0.1) is 0 Å². The van der Waals surface area contributed by atoms with E-state index in [0.717, 1.165) is 54.5 Å². The maximum atomic E-state index is 9.91. The fraction of sp³-hybridized carbons (Fsp3) is 0.725. The summed E-state index contributed by atoms with van der Waals surface area (Å²) < 4.78 is 13.0. The number of para-hydroxylation sites is 1. The number of aromatic nitrogens is 2. The molecule has 1 aromatic carbocycles. The van der Waals surface area contributed by atoms with E-state index in [1.54, 1.807) is 6.20 Å². The van der Waals surface area contributed by atoms with E-state index in [1.165, 1.54) is 63.4 Å². The van der Waals surface area contributed by atoms with Crippen molar-refractivity contribution in [2.75, 3.05) is 23.7 Å². The van der Waals surface area contributed by atoms with Crippen LogP contribution in [-0.2, 0) is 17.4 Å². The maximum Gasteiger partial charge on any atom is 0.224 e. The highest BCUT2D eigenvalue weighted by molar-refractivity contribution is 6.74. The van der Waals surface area contributed by atoms with Crippen LogP contribution in [0.25, 0.3) is 0 Å². The average molecular weight is 685 g/mol. The van der Waals surface area contributed by atoms with Crippen molar-refractivity contribution >= 4 is 20.1 Å². The van der Waals surface area contributed by atoms with Crippen LogP contribution in [0.2, 0.25) is 18.1 Å². The normalized spacial score (nSPS) is 31.6. The Kier molecular flexibility index (Phi) is 9.32. The number of fused-ring (bicyclic) bond motifs is 1. The van der Waals surface area contributed by atoms with Gasteiger partial charge in [0.2, 0.25) is 5.95 Å². The molecule has 0 radical (unpaired) electrons. The van der Waals surface area contributed by atoms with E-state index in [-0.39, 0.29) is 16.1 Å². The van der Waals surface area contributed by atoms with Gasteiger partial charge in [-0.25, -0.2) is 4.98 Å². The largest absolute Gasteiger partial charge is 0.487 e. The predicted octanol–water partition coefficient (Wildman–Crippen LogP) is 8.45. The van der Waals surface area contributed by atoms with E-state index in [9.17, 15) is 5.26 Å². The first-order chi connectivity index (χ1) is 23.2. The minimum atomic E-state index is -1.70. The molecule has 1 aromatic heterocycles. The first kappa shape index (κ1) is 34.8. The van der Waals surface area contributed by atoms with E-state index in [1.807, 2.05) is 0 Å². The first-order valence-corrected chi connectivity index (χ1v) is 22.1. The third-order valence-electron chi connectivity index (χ3n) is 13.3. The molecule has 49 heavy (non-hydrogen) atoms. The van der Waals surface area contributed by atoms with Crippen LogP contribution in [0.3, 0.4) is 0 Å². The number of rotatable bonds is 11. The quantitative estimate of drug-likeness (QED) is 0.203. The molecule has 0 amide bonds. The van der Waals surface area contributed by atoms with Crippen LogP contribution < -0.4 is 20.7 Å². The molecule has 4 bridgehead atoms. The van der Waals surface area contributed by atoms with Crippen LogP contribution in [0.5, 0.6) is 5.75 Å². The Bertz CT molecular complexity index is 1540. The highest BCUT2D eigenvalue weighted by Crippen LogP contribution is 2.60. The molecule has 3 N–H and O–H groups in total. The predicted molar refractivity (Wildman–Crippen MR) is 199 cm³/mol. The summed E-state index contributed by atoms with van der Waals surface area (Å²) in [4.78, 5) is 9.30. The molecule has 266 valence electrons. The van der Waals surface area contributed by atoms with Crippen molar-refractivity contribution < 1.29 is 9.16 Å². The molecule has 2 heterocycles. The van der Waals surface area contributed by atoms with Crippen molar-refractivity contribution in [3.63, 3.8) is 0 Å². The molecule has 0 spiro atoms. The van der Waals surface area contributed by atoms with Crippen LogP contribution >= 0.6 is 0 Å². The van der Waals surface area contributed by atoms with Gasteiger partial charge in [0.05, 0.1) is 6.20 Å². The van der Waals surface area contributed by atoms with Crippen molar-refractivity contribution in [1.82, 2.24) is 15.3 Å². The zero-order valence-corrected chi connectivity index (χ0v) is 32.1. The molecule has 5 atom stereocenters. The van der Waals surface area contributed by atoms with E-state index >= 15 is 0 Å². The molecular formula is C40H60N6O2Si. The van der Waals surface area contributed by atoms with Gasteiger partial charge in [-0.1, -0.05) is 39.0 Å². The molecule has 5 aliphatic carbocycles. The molecule has 5 fully saturated rings. The van der Waals surface area contributed by atoms with Crippen LogP contribution in [0.1, 0.15) is 109 Å². The Balaban J connectivity index is 0.925. The zero-order chi connectivity index (χ0) is 34.6. The summed E-state index contributed by atoms with van der Waals surface area (Å²) in [5.41, 5.74) is 2.95. The number of nitriles is 1. The Morgan fingerprint density at radius 2 is 1.78 bits per heavy atom. The zero-order valence-electron chi connectivity index (χ0n) is 31.1. The van der Waals surface area contributed by atoms with Gasteiger partial charge in [0.15, 0.2) is 8.32 Å². The number of hydrogen-bond donors (Lipinski definition) is 3. The topological polar surface area (TPSA) is 104 Å². The smallest absolute Gasteiger partial charge is 0.224 e. The van der Waals surface area contributed by atoms with Gasteiger partial charge in [0, 0.05) is 37.2 Å². The molecule has 0 saturated heterocycles. The van der Waals surface area contributed by atoms with Gasteiger partial charge in [0.1, 0.15) is 28.8 Å². The van der Waals surface area contributed by atoms with Crippen molar-refractivity contribution in [1.29, 1.82) is 5.26 Å². The molecule has 1 aliphatic heterocycles. The second kappa shape index (κ2) is 13.1. The number of anilines is 2. The van der Waals surface area contributed by atoms with Gasteiger partial charge in [-0.2, -0.15) is 10.2 Å². The van der Waals surface area contributed by atoms with E-state index in [4.69, 9.17) is 14.1 Å². The maximum absolute atomic E-state index is 9.91. The summed E-state index contributed by atoms with van der Waals surface area (Å²) in [6.07, 6.45) is 14.6. The second-order valence-electron chi connectivity index (χ2n) is 18.6. The minimum absolute atomic E-state index is 0.187. The number of hydrogen-bond acceptors (Lipinski definition) is 8. The monoisotopic (exact) mass is 684 g/mol. The summed E-state index contributed by atoms with van der Waals surface area (Å²) in [5, 5.41) is 21.4. The number of benzene rings is 1. The molecule has 9 heteroatoms. The number of nitrogens with one attached hydrogen (secondary N) is 3. The minimum Gasteiger partial charge on any atom is -0.487 e. The lowest BCUT2D eigenvalue weighted by Gasteiger charge is -2.60. The molecule has 1 unspecified atom stereocenters. The van der Waals surface area contributed by atoms with Gasteiger partial charge >= 0.3 is 0 Å². The average Bonchev–Trinajstić information content (AvgIpc) is 3.36. The highest BCUT2D eigenvalue weighted by atomic mass is 28.4. The summed E-state index contributed by atoms with van der Waals surface area (Å²) >= 11 is 0. The third kappa shape index (κ3) is 7.39. The Morgan fingerprint density at radius 1 is 1.04 bits per heavy atom. The molecular weight excluding hydrogens is 625 g/mol. The van der Waals surface area contributed by atoms with Crippen molar-refractivity contribution in [3.05, 3.63) is 41.1 Å². The van der Waals surface area contributed by atoms with Gasteiger partial charge in [-0.05, 0) is 131 Å². The molecule has 2 aromatic rings. The molecule has 6 aliphatic rings. The second-order valence-corrected chi connectivity index (χ2v) is 23.4. The van der Waals surface area contributed by atoms with E-state index in [0.29, 0.717) is 36.0 Å². The lowest BCUT2D eigenvalue weighted by Crippen LogP contribution is -2.60. The van der Waals surface area contributed by atoms with Gasteiger partial charge < -0.3 is 25.1 Å². The summed E-state index contributed by atoms with van der Waals surface area (Å²) in [6.45, 7) is 18.7. The fourth-order valence-corrected chi connectivity index (χ4v) is 11.5. The lowest BCUT2D eigenvalue weighted by atomic mass is 9.48. The van der Waals surface area contributed by atoms with Crippen LogP contribution in [0, 0.1) is 40.4 Å².